The molecule has 1 atom stereocenters. The third-order valence-corrected chi connectivity index (χ3v) is 6.72. The highest BCUT2D eigenvalue weighted by Gasteiger charge is 2.25. The zero-order chi connectivity index (χ0) is 24.7. The maximum absolute atomic E-state index is 12.9. The van der Waals surface area contributed by atoms with Crippen LogP contribution < -0.4 is 11.1 Å². The largest absolute Gasteiger partial charge is 0.384 e. The Labute approximate surface area is 208 Å². The van der Waals surface area contributed by atoms with Crippen LogP contribution in [0.15, 0.2) is 54.9 Å². The van der Waals surface area contributed by atoms with Gasteiger partial charge < -0.3 is 16.2 Å². The Hall–Kier alpha value is -3.68. The van der Waals surface area contributed by atoms with E-state index in [0.29, 0.717) is 35.9 Å². The molecule has 0 bridgehead atoms. The van der Waals surface area contributed by atoms with Gasteiger partial charge in [0, 0.05) is 24.0 Å². The van der Waals surface area contributed by atoms with Crippen molar-refractivity contribution in [3.8, 4) is 0 Å². The van der Waals surface area contributed by atoms with Crippen molar-refractivity contribution >= 4 is 23.3 Å². The number of amides is 1. The van der Waals surface area contributed by atoms with E-state index in [-0.39, 0.29) is 5.91 Å². The quantitative estimate of drug-likeness (QED) is 0.393. The van der Waals surface area contributed by atoms with Crippen LogP contribution in [0, 0.1) is 13.8 Å². The van der Waals surface area contributed by atoms with Crippen molar-refractivity contribution in [1.29, 1.82) is 0 Å². The molecule has 2 heterocycles. The lowest BCUT2D eigenvalue weighted by atomic mass is 9.82. The van der Waals surface area contributed by atoms with E-state index in [1.165, 1.54) is 0 Å². The number of carbonyl (C=O) groups excluding carboxylic acids is 1. The second-order valence-electron chi connectivity index (χ2n) is 8.99. The standard InChI is InChI=1S/C27H26ClN5O2/c1-15-7-25(29)32-16(2)24(15)12-30-27(35)18-4-6-23-20(9-18)10-19-8-17(3-5-22(19)26(23)34)13-33-14-21(28)11-31-33/h3-9,11,14,26,34H,10,12-13H2,1-2H3,(H2,29,32)(H,30,35)/t26-/m0/s1. The minimum Gasteiger partial charge on any atom is -0.384 e. The van der Waals surface area contributed by atoms with E-state index in [4.69, 9.17) is 17.3 Å². The summed E-state index contributed by atoms with van der Waals surface area (Å²) in [6.45, 7) is 4.80. The summed E-state index contributed by atoms with van der Waals surface area (Å²) in [6, 6.07) is 13.3. The molecule has 2 aromatic carbocycles. The average molecular weight is 488 g/mol. The molecule has 2 aromatic heterocycles. The summed E-state index contributed by atoms with van der Waals surface area (Å²) in [5, 5.41) is 18.8. The fourth-order valence-corrected chi connectivity index (χ4v) is 4.91. The summed E-state index contributed by atoms with van der Waals surface area (Å²) in [7, 11) is 0. The second-order valence-corrected chi connectivity index (χ2v) is 9.43. The van der Waals surface area contributed by atoms with Crippen LogP contribution in [0.5, 0.6) is 0 Å². The average Bonchev–Trinajstić information content (AvgIpc) is 3.22. The van der Waals surface area contributed by atoms with Crippen molar-refractivity contribution in [2.75, 3.05) is 5.73 Å². The summed E-state index contributed by atoms with van der Waals surface area (Å²) in [6.07, 6.45) is 3.29. The molecule has 1 amide bonds. The van der Waals surface area contributed by atoms with E-state index in [1.54, 1.807) is 29.2 Å². The van der Waals surface area contributed by atoms with Gasteiger partial charge >= 0.3 is 0 Å². The first-order valence-corrected chi connectivity index (χ1v) is 11.8. The van der Waals surface area contributed by atoms with Crippen LogP contribution in [-0.2, 0) is 19.5 Å². The number of nitrogens with two attached hydrogens (primary N) is 1. The first-order valence-electron chi connectivity index (χ1n) is 11.4. The van der Waals surface area contributed by atoms with E-state index >= 15 is 0 Å². The third kappa shape index (κ3) is 4.65. The number of pyridine rings is 1. The highest BCUT2D eigenvalue weighted by molar-refractivity contribution is 6.30. The Morgan fingerprint density at radius 3 is 2.63 bits per heavy atom. The van der Waals surface area contributed by atoms with Crippen molar-refractivity contribution in [3.63, 3.8) is 0 Å². The highest BCUT2D eigenvalue weighted by Crippen LogP contribution is 2.36. The van der Waals surface area contributed by atoms with E-state index in [0.717, 1.165) is 44.6 Å². The number of aliphatic hydroxyl groups excluding tert-OH is 1. The zero-order valence-electron chi connectivity index (χ0n) is 19.5. The third-order valence-electron chi connectivity index (χ3n) is 6.53. The number of benzene rings is 2. The van der Waals surface area contributed by atoms with Gasteiger partial charge in [-0.2, -0.15) is 5.10 Å². The van der Waals surface area contributed by atoms with E-state index in [2.05, 4.69) is 21.5 Å². The Morgan fingerprint density at radius 1 is 1.17 bits per heavy atom. The van der Waals surface area contributed by atoms with E-state index in [1.807, 2.05) is 38.1 Å². The number of aryl methyl sites for hydroxylation is 2. The predicted molar refractivity (Wildman–Crippen MR) is 135 cm³/mol. The number of aliphatic hydroxyl groups is 1. The molecule has 1 aliphatic carbocycles. The molecule has 1 aliphatic rings. The number of nitrogens with one attached hydrogen (secondary N) is 1. The lowest BCUT2D eigenvalue weighted by molar-refractivity contribution is 0.0950. The number of halogens is 1. The minimum absolute atomic E-state index is 0.173. The summed E-state index contributed by atoms with van der Waals surface area (Å²) in [5.74, 6) is 0.299. The molecule has 0 radical (unpaired) electrons. The maximum Gasteiger partial charge on any atom is 0.251 e. The van der Waals surface area contributed by atoms with E-state index in [9.17, 15) is 9.90 Å². The Bertz CT molecular complexity index is 1420. The molecule has 0 saturated heterocycles. The lowest BCUT2D eigenvalue weighted by Gasteiger charge is -2.26. The van der Waals surface area contributed by atoms with Crippen LogP contribution >= 0.6 is 11.6 Å². The smallest absolute Gasteiger partial charge is 0.251 e. The fraction of sp³-hybridized carbons (Fsp3) is 0.222. The number of anilines is 1. The van der Waals surface area contributed by atoms with Crippen LogP contribution in [0.25, 0.3) is 0 Å². The van der Waals surface area contributed by atoms with Gasteiger partial charge in [0.15, 0.2) is 0 Å². The van der Waals surface area contributed by atoms with Crippen LogP contribution in [-0.4, -0.2) is 25.8 Å². The van der Waals surface area contributed by atoms with Crippen molar-refractivity contribution in [2.45, 2.75) is 39.5 Å². The molecule has 178 valence electrons. The summed E-state index contributed by atoms with van der Waals surface area (Å²) >= 11 is 5.98. The van der Waals surface area contributed by atoms with Crippen molar-refractivity contribution in [3.05, 3.63) is 110 Å². The van der Waals surface area contributed by atoms with Gasteiger partial charge in [-0.25, -0.2) is 4.98 Å². The van der Waals surface area contributed by atoms with Crippen molar-refractivity contribution in [1.82, 2.24) is 20.1 Å². The molecule has 35 heavy (non-hydrogen) atoms. The molecule has 8 heteroatoms. The van der Waals surface area contributed by atoms with Gasteiger partial charge in [0.1, 0.15) is 11.9 Å². The molecule has 4 aromatic rings. The van der Waals surface area contributed by atoms with Crippen LogP contribution in [0.2, 0.25) is 5.02 Å². The summed E-state index contributed by atoms with van der Waals surface area (Å²) < 4.78 is 1.78. The number of aromatic nitrogens is 3. The lowest BCUT2D eigenvalue weighted by Crippen LogP contribution is -2.25. The Balaban J connectivity index is 1.35. The van der Waals surface area contributed by atoms with Gasteiger partial charge in [-0.1, -0.05) is 35.9 Å². The van der Waals surface area contributed by atoms with Gasteiger partial charge in [-0.05, 0) is 77.4 Å². The molecule has 7 nitrogen and oxygen atoms in total. The number of nitrogen functional groups attached to an aromatic ring is 1. The summed E-state index contributed by atoms with van der Waals surface area (Å²) in [4.78, 5) is 17.2. The van der Waals surface area contributed by atoms with Crippen molar-refractivity contribution < 1.29 is 9.90 Å². The number of nitrogens with zero attached hydrogens (tertiary/aromatic N) is 3. The van der Waals surface area contributed by atoms with Gasteiger partial charge in [-0.15, -0.1) is 0 Å². The first kappa shape index (κ1) is 23.1. The van der Waals surface area contributed by atoms with E-state index < -0.39 is 6.10 Å². The molecule has 5 rings (SSSR count). The minimum atomic E-state index is -0.731. The SMILES string of the molecule is Cc1cc(N)nc(C)c1CNC(=O)c1ccc2c(c1)Cc1cc(Cn3cc(Cl)cn3)ccc1[C@@H]2O. The molecule has 0 saturated carbocycles. The molecule has 0 unspecified atom stereocenters. The second kappa shape index (κ2) is 9.17. The number of fused-ring (bicyclic) bond motifs is 2. The van der Waals surface area contributed by atoms with Crippen LogP contribution in [0.3, 0.4) is 0 Å². The Kier molecular flexibility index (Phi) is 6.05. The monoisotopic (exact) mass is 487 g/mol. The molecular formula is C27H26ClN5O2. The van der Waals surface area contributed by atoms with Gasteiger partial charge in [0.05, 0.1) is 17.8 Å². The van der Waals surface area contributed by atoms with Gasteiger partial charge in [0.2, 0.25) is 0 Å². The zero-order valence-corrected chi connectivity index (χ0v) is 20.3. The normalized spacial score (nSPS) is 14.3. The summed E-state index contributed by atoms with van der Waals surface area (Å²) in [5.41, 5.74) is 13.9. The van der Waals surface area contributed by atoms with Crippen LogP contribution in [0.4, 0.5) is 5.82 Å². The molecular weight excluding hydrogens is 462 g/mol. The van der Waals surface area contributed by atoms with Crippen molar-refractivity contribution in [2.24, 2.45) is 0 Å². The van der Waals surface area contributed by atoms with Crippen LogP contribution in [0.1, 0.15) is 61.1 Å². The van der Waals surface area contributed by atoms with Gasteiger partial charge in [0.25, 0.3) is 5.91 Å². The molecule has 0 spiro atoms. The number of hydrogen-bond donors (Lipinski definition) is 3. The first-order chi connectivity index (χ1) is 16.8. The highest BCUT2D eigenvalue weighted by atomic mass is 35.5. The number of carbonyl (C=O) groups is 1. The fourth-order valence-electron chi connectivity index (χ4n) is 4.75. The number of hydrogen-bond acceptors (Lipinski definition) is 5. The maximum atomic E-state index is 12.9. The molecule has 0 aliphatic heterocycles. The predicted octanol–water partition coefficient (Wildman–Crippen LogP) is 4.09. The molecule has 4 N–H and O–H groups in total. The Morgan fingerprint density at radius 2 is 1.91 bits per heavy atom. The molecule has 0 fully saturated rings. The topological polar surface area (TPSA) is 106 Å². The number of rotatable bonds is 5. The van der Waals surface area contributed by atoms with Gasteiger partial charge in [-0.3, -0.25) is 9.48 Å².